The Morgan fingerprint density at radius 3 is 2.68 bits per heavy atom. The van der Waals surface area contributed by atoms with E-state index < -0.39 is 0 Å². The topological polar surface area (TPSA) is 66.6 Å². The summed E-state index contributed by atoms with van der Waals surface area (Å²) in [4.78, 5) is 8.77. The molecule has 0 unspecified atom stereocenters. The zero-order chi connectivity index (χ0) is 13.4. The van der Waals surface area contributed by atoms with Crippen molar-refractivity contribution in [2.45, 2.75) is 6.92 Å². The third-order valence-electron chi connectivity index (χ3n) is 2.90. The fourth-order valence-corrected chi connectivity index (χ4v) is 2.20. The van der Waals surface area contributed by atoms with Crippen molar-refractivity contribution in [1.29, 1.82) is 0 Å². The summed E-state index contributed by atoms with van der Waals surface area (Å²) in [7, 11) is 1.64. The number of nitrogens with one attached hydrogen (secondary N) is 2. The molecule has 2 aromatic heterocycles. The Hall–Kier alpha value is -2.21. The molecule has 0 bridgehead atoms. The smallest absolute Gasteiger partial charge is 0.213 e. The molecule has 2 heterocycles. The van der Waals surface area contributed by atoms with Gasteiger partial charge in [0.2, 0.25) is 4.77 Å². The molecule has 0 aliphatic heterocycles. The second-order valence-corrected chi connectivity index (χ2v) is 4.60. The molecule has 0 amide bonds. The van der Waals surface area contributed by atoms with E-state index in [1.807, 2.05) is 31.2 Å². The minimum Gasteiger partial charge on any atom is -0.497 e. The number of ether oxygens (including phenoxy) is 1. The first kappa shape index (κ1) is 11.9. The monoisotopic (exact) mass is 272 g/mol. The maximum Gasteiger partial charge on any atom is 0.213 e. The highest BCUT2D eigenvalue weighted by Gasteiger charge is 2.10. The SMILES string of the molecule is COc1ccc2nc(C)cc(-c3nc(=S)[nH][nH]3)c2c1. The third-order valence-corrected chi connectivity index (χ3v) is 3.09. The van der Waals surface area contributed by atoms with Crippen molar-refractivity contribution in [2.75, 3.05) is 7.11 Å². The number of hydrogen-bond donors (Lipinski definition) is 2. The molecule has 0 spiro atoms. The second-order valence-electron chi connectivity index (χ2n) is 4.21. The van der Waals surface area contributed by atoms with E-state index in [-0.39, 0.29) is 0 Å². The van der Waals surface area contributed by atoms with Crippen LogP contribution in [-0.4, -0.2) is 27.3 Å². The Morgan fingerprint density at radius 2 is 2.00 bits per heavy atom. The van der Waals surface area contributed by atoms with E-state index >= 15 is 0 Å². The molecule has 19 heavy (non-hydrogen) atoms. The first-order valence-electron chi connectivity index (χ1n) is 5.78. The van der Waals surface area contributed by atoms with Crippen LogP contribution in [0.5, 0.6) is 5.75 Å². The molecule has 1 aromatic carbocycles. The van der Waals surface area contributed by atoms with Gasteiger partial charge in [0.15, 0.2) is 5.82 Å². The molecule has 3 rings (SSSR count). The molecular weight excluding hydrogens is 260 g/mol. The fourth-order valence-electron chi connectivity index (χ4n) is 2.06. The van der Waals surface area contributed by atoms with Crippen LogP contribution in [0.3, 0.4) is 0 Å². The number of aromatic amines is 2. The number of aromatic nitrogens is 4. The Bertz CT molecular complexity index is 806. The van der Waals surface area contributed by atoms with Crippen LogP contribution < -0.4 is 4.74 Å². The first-order chi connectivity index (χ1) is 9.17. The summed E-state index contributed by atoms with van der Waals surface area (Å²) >= 11 is 5.00. The normalized spacial score (nSPS) is 10.8. The van der Waals surface area contributed by atoms with Crippen LogP contribution in [0, 0.1) is 11.7 Å². The quantitative estimate of drug-likeness (QED) is 0.704. The lowest BCUT2D eigenvalue weighted by molar-refractivity contribution is 0.415. The van der Waals surface area contributed by atoms with Crippen LogP contribution >= 0.6 is 12.2 Å². The van der Waals surface area contributed by atoms with Gasteiger partial charge >= 0.3 is 0 Å². The molecule has 0 aliphatic rings. The Labute approximate surface area is 114 Å². The number of methoxy groups -OCH3 is 1. The van der Waals surface area contributed by atoms with Crippen molar-refractivity contribution in [2.24, 2.45) is 0 Å². The van der Waals surface area contributed by atoms with Gasteiger partial charge in [0, 0.05) is 16.6 Å². The number of rotatable bonds is 2. The number of fused-ring (bicyclic) bond motifs is 1. The number of nitrogens with zero attached hydrogens (tertiary/aromatic N) is 2. The summed E-state index contributed by atoms with van der Waals surface area (Å²) in [6.45, 7) is 1.95. The van der Waals surface area contributed by atoms with Gasteiger partial charge in [0.1, 0.15) is 5.75 Å². The van der Waals surface area contributed by atoms with E-state index in [4.69, 9.17) is 17.0 Å². The lowest BCUT2D eigenvalue weighted by Gasteiger charge is -2.07. The van der Waals surface area contributed by atoms with Gasteiger partial charge in [-0.25, -0.2) is 0 Å². The highest BCUT2D eigenvalue weighted by molar-refractivity contribution is 7.71. The van der Waals surface area contributed by atoms with Crippen LogP contribution in [0.1, 0.15) is 5.69 Å². The molecule has 0 atom stereocenters. The summed E-state index contributed by atoms with van der Waals surface area (Å²) in [5.74, 6) is 1.49. The number of H-pyrrole nitrogens is 2. The average molecular weight is 272 g/mol. The standard InChI is InChI=1S/C13H12N4OS/c1-7-5-10(12-15-13(19)17-16-12)9-6-8(18-2)3-4-11(9)14-7/h3-6H,1-2H3,(H2,15,16,17,19). The van der Waals surface area contributed by atoms with Gasteiger partial charge in [-0.3, -0.25) is 15.2 Å². The molecule has 0 fully saturated rings. The van der Waals surface area contributed by atoms with Crippen molar-refractivity contribution < 1.29 is 4.74 Å². The average Bonchev–Trinajstić information content (AvgIpc) is 2.84. The zero-order valence-corrected chi connectivity index (χ0v) is 11.3. The highest BCUT2D eigenvalue weighted by Crippen LogP contribution is 2.28. The van der Waals surface area contributed by atoms with Crippen LogP contribution in [-0.2, 0) is 0 Å². The number of hydrogen-bond acceptors (Lipinski definition) is 4. The summed E-state index contributed by atoms with van der Waals surface area (Å²) in [5, 5.41) is 6.75. The maximum atomic E-state index is 5.26. The highest BCUT2D eigenvalue weighted by atomic mass is 32.1. The first-order valence-corrected chi connectivity index (χ1v) is 6.18. The number of aryl methyl sites for hydroxylation is 1. The van der Waals surface area contributed by atoms with E-state index in [1.54, 1.807) is 7.11 Å². The Morgan fingerprint density at radius 1 is 1.16 bits per heavy atom. The Kier molecular flexibility index (Phi) is 2.79. The third kappa shape index (κ3) is 2.10. The van der Waals surface area contributed by atoms with Crippen molar-refractivity contribution in [3.8, 4) is 17.1 Å². The van der Waals surface area contributed by atoms with Gasteiger partial charge in [0.25, 0.3) is 0 Å². The Balaban J connectivity index is 2.35. The summed E-state index contributed by atoms with van der Waals surface area (Å²) in [5.41, 5.74) is 2.78. The van der Waals surface area contributed by atoms with E-state index in [9.17, 15) is 0 Å². The fraction of sp³-hybridized carbons (Fsp3) is 0.154. The van der Waals surface area contributed by atoms with E-state index in [1.165, 1.54) is 0 Å². The zero-order valence-electron chi connectivity index (χ0n) is 10.5. The van der Waals surface area contributed by atoms with Crippen LogP contribution in [0.25, 0.3) is 22.3 Å². The molecule has 0 aliphatic carbocycles. The van der Waals surface area contributed by atoms with Gasteiger partial charge in [0.05, 0.1) is 12.6 Å². The molecule has 0 radical (unpaired) electrons. The number of pyridine rings is 1. The summed E-state index contributed by atoms with van der Waals surface area (Å²) < 4.78 is 5.69. The molecule has 5 nitrogen and oxygen atoms in total. The molecule has 2 N–H and O–H groups in total. The molecule has 6 heteroatoms. The van der Waals surface area contributed by atoms with Crippen LogP contribution in [0.2, 0.25) is 0 Å². The minimum absolute atomic E-state index is 0.431. The van der Waals surface area contributed by atoms with Gasteiger partial charge in [-0.1, -0.05) is 0 Å². The lowest BCUT2D eigenvalue weighted by Crippen LogP contribution is -1.91. The van der Waals surface area contributed by atoms with Gasteiger partial charge in [-0.15, -0.1) is 0 Å². The van der Waals surface area contributed by atoms with E-state index in [0.29, 0.717) is 10.6 Å². The molecular formula is C13H12N4OS. The summed E-state index contributed by atoms with van der Waals surface area (Å²) in [6, 6.07) is 7.75. The van der Waals surface area contributed by atoms with E-state index in [0.717, 1.165) is 27.9 Å². The van der Waals surface area contributed by atoms with Gasteiger partial charge in [-0.2, -0.15) is 4.98 Å². The van der Waals surface area contributed by atoms with Gasteiger partial charge < -0.3 is 4.74 Å². The molecule has 96 valence electrons. The van der Waals surface area contributed by atoms with Crippen LogP contribution in [0.15, 0.2) is 24.3 Å². The minimum atomic E-state index is 0.431. The number of benzene rings is 1. The lowest BCUT2D eigenvalue weighted by atomic mass is 10.1. The van der Waals surface area contributed by atoms with Crippen LogP contribution in [0.4, 0.5) is 0 Å². The van der Waals surface area contributed by atoms with Crippen molar-refractivity contribution in [3.05, 3.63) is 34.7 Å². The maximum absolute atomic E-state index is 5.26. The molecule has 0 saturated heterocycles. The largest absolute Gasteiger partial charge is 0.497 e. The molecule has 3 aromatic rings. The predicted octanol–water partition coefficient (Wildman–Crippen LogP) is 3.00. The van der Waals surface area contributed by atoms with Gasteiger partial charge in [-0.05, 0) is 43.4 Å². The van der Waals surface area contributed by atoms with Crippen molar-refractivity contribution in [1.82, 2.24) is 20.2 Å². The molecule has 0 saturated carbocycles. The summed E-state index contributed by atoms with van der Waals surface area (Å²) in [6.07, 6.45) is 0. The van der Waals surface area contributed by atoms with E-state index in [2.05, 4.69) is 20.2 Å². The van der Waals surface area contributed by atoms with Crippen molar-refractivity contribution in [3.63, 3.8) is 0 Å². The predicted molar refractivity (Wildman–Crippen MR) is 75.8 cm³/mol. The van der Waals surface area contributed by atoms with Crippen molar-refractivity contribution >= 4 is 23.1 Å². The second kappa shape index (κ2) is 4.47.